The molecule has 2 N–H and O–H groups in total. The summed E-state index contributed by atoms with van der Waals surface area (Å²) in [5, 5.41) is 12.3. The quantitative estimate of drug-likeness (QED) is 0.841. The molecular weight excluding hydrogens is 242 g/mol. The highest BCUT2D eigenvalue weighted by Gasteiger charge is 2.38. The van der Waals surface area contributed by atoms with Crippen molar-refractivity contribution in [2.24, 2.45) is 0 Å². The van der Waals surface area contributed by atoms with Crippen LogP contribution in [0.3, 0.4) is 0 Å². The molecule has 1 amide bonds. The van der Waals surface area contributed by atoms with E-state index >= 15 is 0 Å². The Morgan fingerprint density at radius 1 is 1.47 bits per heavy atom. The molecule has 0 radical (unpaired) electrons. The molecule has 1 aromatic rings. The minimum absolute atomic E-state index is 0.0727. The highest BCUT2D eigenvalue weighted by atomic mass is 16.5. The van der Waals surface area contributed by atoms with Gasteiger partial charge < -0.3 is 15.2 Å². The van der Waals surface area contributed by atoms with Gasteiger partial charge in [-0.25, -0.2) is 0 Å². The molecule has 0 bridgehead atoms. The third-order valence-corrected chi connectivity index (χ3v) is 3.58. The lowest BCUT2D eigenvalue weighted by Crippen LogP contribution is -2.50. The van der Waals surface area contributed by atoms with Gasteiger partial charge in [0.1, 0.15) is 5.60 Å². The molecule has 1 saturated heterocycles. The van der Waals surface area contributed by atoms with Crippen molar-refractivity contribution in [3.05, 3.63) is 35.9 Å². The van der Waals surface area contributed by atoms with E-state index in [1.807, 2.05) is 37.3 Å². The number of carbonyl (C=O) groups excluding carboxylic acids is 1. The SMILES string of the molecule is CC1(C(=O)N[C@@H](CO)Cc2ccccc2)CCCO1. The first-order valence-electron chi connectivity index (χ1n) is 6.74. The molecular formula is C15H21NO3. The average Bonchev–Trinajstić information content (AvgIpc) is 2.87. The van der Waals surface area contributed by atoms with Crippen molar-refractivity contribution in [2.45, 2.75) is 37.8 Å². The maximum atomic E-state index is 12.2. The Hall–Kier alpha value is -1.39. The number of hydrogen-bond donors (Lipinski definition) is 2. The van der Waals surface area contributed by atoms with Crippen molar-refractivity contribution in [1.82, 2.24) is 5.32 Å². The van der Waals surface area contributed by atoms with E-state index in [4.69, 9.17) is 4.74 Å². The van der Waals surface area contributed by atoms with Crippen molar-refractivity contribution >= 4 is 5.91 Å². The number of amides is 1. The zero-order chi connectivity index (χ0) is 13.7. The topological polar surface area (TPSA) is 58.6 Å². The monoisotopic (exact) mass is 263 g/mol. The van der Waals surface area contributed by atoms with Crippen molar-refractivity contribution in [3.8, 4) is 0 Å². The van der Waals surface area contributed by atoms with Gasteiger partial charge in [-0.2, -0.15) is 0 Å². The van der Waals surface area contributed by atoms with E-state index in [2.05, 4.69) is 5.32 Å². The standard InChI is InChI=1S/C15H21NO3/c1-15(8-5-9-19-15)14(18)16-13(11-17)10-12-6-3-2-4-7-12/h2-4,6-7,13,17H,5,8-11H2,1H3,(H,16,18)/t13-,15?/m1/s1. The van der Waals surface area contributed by atoms with Crippen LogP contribution in [0.4, 0.5) is 0 Å². The third-order valence-electron chi connectivity index (χ3n) is 3.58. The fourth-order valence-electron chi connectivity index (χ4n) is 2.36. The predicted octanol–water partition coefficient (Wildman–Crippen LogP) is 1.28. The fourth-order valence-corrected chi connectivity index (χ4v) is 2.36. The third kappa shape index (κ3) is 3.55. The second-order valence-corrected chi connectivity index (χ2v) is 5.23. The van der Waals surface area contributed by atoms with E-state index in [0.29, 0.717) is 13.0 Å². The summed E-state index contributed by atoms with van der Waals surface area (Å²) in [6.45, 7) is 2.37. The zero-order valence-electron chi connectivity index (χ0n) is 11.3. The van der Waals surface area contributed by atoms with Gasteiger partial charge in [0.2, 0.25) is 0 Å². The largest absolute Gasteiger partial charge is 0.394 e. The van der Waals surface area contributed by atoms with Crippen LogP contribution in [0.1, 0.15) is 25.3 Å². The maximum Gasteiger partial charge on any atom is 0.252 e. The lowest BCUT2D eigenvalue weighted by molar-refractivity contribution is -0.140. The number of ether oxygens (including phenoxy) is 1. The molecule has 0 saturated carbocycles. The van der Waals surface area contributed by atoms with Gasteiger partial charge in [-0.15, -0.1) is 0 Å². The Morgan fingerprint density at radius 3 is 2.79 bits per heavy atom. The van der Waals surface area contributed by atoms with Gasteiger partial charge >= 0.3 is 0 Å². The van der Waals surface area contributed by atoms with Gasteiger partial charge in [-0.3, -0.25) is 4.79 Å². The molecule has 1 fully saturated rings. The lowest BCUT2D eigenvalue weighted by atomic mass is 10.00. The van der Waals surface area contributed by atoms with Crippen molar-refractivity contribution in [3.63, 3.8) is 0 Å². The van der Waals surface area contributed by atoms with E-state index in [-0.39, 0.29) is 18.6 Å². The molecule has 19 heavy (non-hydrogen) atoms. The van der Waals surface area contributed by atoms with Crippen LogP contribution in [-0.4, -0.2) is 35.9 Å². The summed E-state index contributed by atoms with van der Waals surface area (Å²) in [5.74, 6) is -0.125. The highest BCUT2D eigenvalue weighted by Crippen LogP contribution is 2.25. The molecule has 4 heteroatoms. The Balaban J connectivity index is 1.94. The molecule has 4 nitrogen and oxygen atoms in total. The van der Waals surface area contributed by atoms with E-state index < -0.39 is 5.60 Å². The summed E-state index contributed by atoms with van der Waals surface area (Å²) >= 11 is 0. The van der Waals surface area contributed by atoms with E-state index in [0.717, 1.165) is 18.4 Å². The van der Waals surface area contributed by atoms with Crippen LogP contribution < -0.4 is 5.32 Å². The van der Waals surface area contributed by atoms with Crippen molar-refractivity contribution < 1.29 is 14.6 Å². The van der Waals surface area contributed by atoms with Crippen LogP contribution in [0.2, 0.25) is 0 Å². The molecule has 1 aliphatic rings. The maximum absolute atomic E-state index is 12.2. The number of hydrogen-bond acceptors (Lipinski definition) is 3. The van der Waals surface area contributed by atoms with Gasteiger partial charge in [0.05, 0.1) is 12.6 Å². The van der Waals surface area contributed by atoms with Crippen molar-refractivity contribution in [1.29, 1.82) is 0 Å². The molecule has 2 rings (SSSR count). The van der Waals surface area contributed by atoms with Gasteiger partial charge in [0, 0.05) is 6.61 Å². The summed E-state index contributed by atoms with van der Waals surface area (Å²) in [5.41, 5.74) is 0.365. The van der Waals surface area contributed by atoms with Crippen LogP contribution in [0.5, 0.6) is 0 Å². The van der Waals surface area contributed by atoms with Gasteiger partial charge in [-0.1, -0.05) is 30.3 Å². The molecule has 1 heterocycles. The number of benzene rings is 1. The number of rotatable bonds is 5. The molecule has 0 aromatic heterocycles. The van der Waals surface area contributed by atoms with E-state index in [9.17, 15) is 9.90 Å². The van der Waals surface area contributed by atoms with Crippen LogP contribution in [0, 0.1) is 0 Å². The van der Waals surface area contributed by atoms with Gasteiger partial charge in [0.15, 0.2) is 0 Å². The van der Waals surface area contributed by atoms with Crippen LogP contribution in [0.25, 0.3) is 0 Å². The minimum atomic E-state index is -0.732. The van der Waals surface area contributed by atoms with Crippen molar-refractivity contribution in [2.75, 3.05) is 13.2 Å². The first-order chi connectivity index (χ1) is 9.14. The van der Waals surface area contributed by atoms with Gasteiger partial charge in [0.25, 0.3) is 5.91 Å². The predicted molar refractivity (Wildman–Crippen MR) is 72.8 cm³/mol. The summed E-state index contributed by atoms with van der Waals surface area (Å²) in [7, 11) is 0. The normalized spacial score (nSPS) is 24.1. The minimum Gasteiger partial charge on any atom is -0.394 e. The average molecular weight is 263 g/mol. The summed E-state index contributed by atoms with van der Waals surface area (Å²) < 4.78 is 5.50. The number of aliphatic hydroxyl groups is 1. The Labute approximate surface area is 113 Å². The van der Waals surface area contributed by atoms with Crippen LogP contribution in [-0.2, 0) is 16.0 Å². The molecule has 2 atom stereocenters. The molecule has 1 aromatic carbocycles. The Bertz CT molecular complexity index is 413. The lowest BCUT2D eigenvalue weighted by Gasteiger charge is -2.25. The molecule has 0 spiro atoms. The fraction of sp³-hybridized carbons (Fsp3) is 0.533. The first-order valence-corrected chi connectivity index (χ1v) is 6.74. The second-order valence-electron chi connectivity index (χ2n) is 5.23. The summed E-state index contributed by atoms with van der Waals surface area (Å²) in [6, 6.07) is 9.56. The number of carbonyl (C=O) groups is 1. The number of nitrogens with one attached hydrogen (secondary N) is 1. The molecule has 1 aliphatic heterocycles. The van der Waals surface area contributed by atoms with Gasteiger partial charge in [-0.05, 0) is 31.7 Å². The summed E-state index contributed by atoms with van der Waals surface area (Å²) in [4.78, 5) is 12.2. The highest BCUT2D eigenvalue weighted by molar-refractivity contribution is 5.85. The molecule has 1 unspecified atom stereocenters. The summed E-state index contributed by atoms with van der Waals surface area (Å²) in [6.07, 6.45) is 2.27. The molecule has 0 aliphatic carbocycles. The second kappa shape index (κ2) is 6.17. The van der Waals surface area contributed by atoms with E-state index in [1.54, 1.807) is 0 Å². The Morgan fingerprint density at radius 2 is 2.21 bits per heavy atom. The zero-order valence-corrected chi connectivity index (χ0v) is 11.3. The van der Waals surface area contributed by atoms with Crippen LogP contribution in [0.15, 0.2) is 30.3 Å². The Kier molecular flexibility index (Phi) is 4.56. The molecule has 104 valence electrons. The smallest absolute Gasteiger partial charge is 0.252 e. The van der Waals surface area contributed by atoms with E-state index in [1.165, 1.54) is 0 Å². The first kappa shape index (κ1) is 14.0. The number of aliphatic hydroxyl groups excluding tert-OH is 1. The van der Waals surface area contributed by atoms with Crippen LogP contribution >= 0.6 is 0 Å².